The first kappa shape index (κ1) is 12.5. The third-order valence-electron chi connectivity index (χ3n) is 2.23. The summed E-state index contributed by atoms with van der Waals surface area (Å²) < 4.78 is 6.08. The number of hydrogen-bond donors (Lipinski definition) is 0. The van der Waals surface area contributed by atoms with E-state index < -0.39 is 4.92 Å². The highest BCUT2D eigenvalue weighted by atomic mass is 79.9. The molecular weight excluding hydrogens is 300 g/mol. The van der Waals surface area contributed by atoms with Gasteiger partial charge in [-0.15, -0.1) is 0 Å². The van der Waals surface area contributed by atoms with E-state index in [2.05, 4.69) is 20.9 Å². The van der Waals surface area contributed by atoms with Gasteiger partial charge in [0.15, 0.2) is 5.75 Å². The summed E-state index contributed by atoms with van der Waals surface area (Å²) in [6, 6.07) is 8.31. The zero-order valence-corrected chi connectivity index (χ0v) is 10.8. The highest BCUT2D eigenvalue weighted by Crippen LogP contribution is 2.30. The Morgan fingerprint density at radius 2 is 2.22 bits per heavy atom. The molecule has 0 radical (unpaired) electrons. The van der Waals surface area contributed by atoms with Crippen molar-refractivity contribution in [2.24, 2.45) is 0 Å². The van der Waals surface area contributed by atoms with Crippen LogP contribution in [0.3, 0.4) is 0 Å². The van der Waals surface area contributed by atoms with Gasteiger partial charge < -0.3 is 4.74 Å². The Hall–Kier alpha value is -1.95. The van der Waals surface area contributed by atoms with Crippen LogP contribution in [-0.2, 0) is 6.61 Å². The molecule has 0 saturated carbocycles. The minimum atomic E-state index is -0.469. The van der Waals surface area contributed by atoms with Gasteiger partial charge >= 0.3 is 5.69 Å². The van der Waals surface area contributed by atoms with Gasteiger partial charge in [0.05, 0.1) is 4.92 Å². The predicted molar refractivity (Wildman–Crippen MR) is 69.4 cm³/mol. The molecule has 0 amide bonds. The second-order valence-electron chi connectivity index (χ2n) is 3.52. The lowest BCUT2D eigenvalue weighted by molar-refractivity contribution is -0.386. The van der Waals surface area contributed by atoms with Gasteiger partial charge in [-0.2, -0.15) is 0 Å². The molecule has 92 valence electrons. The molecule has 0 aliphatic heterocycles. The van der Waals surface area contributed by atoms with Gasteiger partial charge in [-0.1, -0.05) is 22.0 Å². The largest absolute Gasteiger partial charge is 0.482 e. The fraction of sp³-hybridized carbons (Fsp3) is 0.0833. The molecular formula is C12H9BrN2O3. The van der Waals surface area contributed by atoms with E-state index in [1.54, 1.807) is 30.6 Å². The number of nitrogens with zero attached hydrogens (tertiary/aromatic N) is 2. The minimum Gasteiger partial charge on any atom is -0.482 e. The van der Waals surface area contributed by atoms with E-state index in [0.717, 1.165) is 5.56 Å². The fourth-order valence-corrected chi connectivity index (χ4v) is 1.75. The van der Waals surface area contributed by atoms with Crippen LogP contribution in [0.25, 0.3) is 0 Å². The van der Waals surface area contributed by atoms with Crippen molar-refractivity contribution in [2.75, 3.05) is 0 Å². The van der Waals surface area contributed by atoms with Crippen LogP contribution in [0.15, 0.2) is 47.2 Å². The quantitative estimate of drug-likeness (QED) is 0.642. The molecule has 1 heterocycles. The Labute approximate surface area is 112 Å². The van der Waals surface area contributed by atoms with Gasteiger partial charge in [-0.05, 0) is 18.2 Å². The summed E-state index contributed by atoms with van der Waals surface area (Å²) in [7, 11) is 0. The molecule has 0 N–H and O–H groups in total. The molecule has 0 aliphatic carbocycles. The first-order valence-electron chi connectivity index (χ1n) is 5.12. The normalized spacial score (nSPS) is 10.1. The maximum absolute atomic E-state index is 10.9. The Kier molecular flexibility index (Phi) is 3.88. The summed E-state index contributed by atoms with van der Waals surface area (Å²) in [4.78, 5) is 14.4. The van der Waals surface area contributed by atoms with Crippen LogP contribution in [0.1, 0.15) is 5.56 Å². The van der Waals surface area contributed by atoms with Gasteiger partial charge in [0.25, 0.3) is 0 Å². The second-order valence-corrected chi connectivity index (χ2v) is 4.43. The van der Waals surface area contributed by atoms with Crippen LogP contribution >= 0.6 is 15.9 Å². The van der Waals surface area contributed by atoms with Crippen LogP contribution in [0, 0.1) is 10.1 Å². The average Bonchev–Trinajstić information content (AvgIpc) is 2.38. The Balaban J connectivity index is 2.17. The fourth-order valence-electron chi connectivity index (χ4n) is 1.40. The molecule has 0 fully saturated rings. The van der Waals surface area contributed by atoms with E-state index in [1.807, 2.05) is 6.07 Å². The van der Waals surface area contributed by atoms with E-state index in [0.29, 0.717) is 4.47 Å². The molecule has 1 aromatic heterocycles. The highest BCUT2D eigenvalue weighted by Gasteiger charge is 2.15. The lowest BCUT2D eigenvalue weighted by Crippen LogP contribution is -1.99. The predicted octanol–water partition coefficient (Wildman–Crippen LogP) is 3.33. The number of hydrogen-bond acceptors (Lipinski definition) is 4. The summed E-state index contributed by atoms with van der Waals surface area (Å²) >= 11 is 3.19. The number of benzene rings is 1. The molecule has 0 bridgehead atoms. The molecule has 5 nitrogen and oxygen atoms in total. The van der Waals surface area contributed by atoms with Gasteiger partial charge in [0.1, 0.15) is 6.61 Å². The molecule has 2 rings (SSSR count). The van der Waals surface area contributed by atoms with Crippen molar-refractivity contribution in [3.63, 3.8) is 0 Å². The Morgan fingerprint density at radius 1 is 1.39 bits per heavy atom. The van der Waals surface area contributed by atoms with E-state index >= 15 is 0 Å². The third-order valence-corrected chi connectivity index (χ3v) is 2.73. The van der Waals surface area contributed by atoms with E-state index in [4.69, 9.17) is 4.74 Å². The zero-order valence-electron chi connectivity index (χ0n) is 9.25. The molecule has 6 heteroatoms. The summed E-state index contributed by atoms with van der Waals surface area (Å²) in [5.41, 5.74) is 0.794. The number of halogens is 1. The molecule has 2 aromatic rings. The smallest absolute Gasteiger partial charge is 0.312 e. The third kappa shape index (κ3) is 3.04. The molecule has 0 spiro atoms. The topological polar surface area (TPSA) is 65.3 Å². The Bertz CT molecular complexity index is 561. The van der Waals surface area contributed by atoms with Crippen LogP contribution in [0.2, 0.25) is 0 Å². The van der Waals surface area contributed by atoms with Crippen molar-refractivity contribution in [1.82, 2.24) is 4.98 Å². The first-order chi connectivity index (χ1) is 8.66. The van der Waals surface area contributed by atoms with Crippen LogP contribution in [0.4, 0.5) is 5.69 Å². The van der Waals surface area contributed by atoms with Crippen molar-refractivity contribution in [3.8, 4) is 5.75 Å². The van der Waals surface area contributed by atoms with Crippen LogP contribution in [-0.4, -0.2) is 9.91 Å². The van der Waals surface area contributed by atoms with Gasteiger partial charge in [0, 0.05) is 28.5 Å². The second kappa shape index (κ2) is 5.59. The van der Waals surface area contributed by atoms with Gasteiger partial charge in [-0.3, -0.25) is 15.1 Å². The number of rotatable bonds is 4. The van der Waals surface area contributed by atoms with Crippen molar-refractivity contribution in [2.45, 2.75) is 6.61 Å². The number of nitro benzene ring substituents is 1. The summed E-state index contributed by atoms with van der Waals surface area (Å²) in [6.07, 6.45) is 3.32. The summed E-state index contributed by atoms with van der Waals surface area (Å²) in [5, 5.41) is 10.9. The summed E-state index contributed by atoms with van der Waals surface area (Å²) in [6.45, 7) is 0.246. The van der Waals surface area contributed by atoms with Crippen molar-refractivity contribution in [3.05, 3.63) is 62.9 Å². The van der Waals surface area contributed by atoms with Crippen molar-refractivity contribution < 1.29 is 9.66 Å². The number of pyridine rings is 1. The average molecular weight is 309 g/mol. The van der Waals surface area contributed by atoms with E-state index in [9.17, 15) is 10.1 Å². The monoisotopic (exact) mass is 308 g/mol. The Morgan fingerprint density at radius 3 is 2.89 bits per heavy atom. The maximum Gasteiger partial charge on any atom is 0.312 e. The van der Waals surface area contributed by atoms with Crippen LogP contribution < -0.4 is 4.74 Å². The van der Waals surface area contributed by atoms with Crippen LogP contribution in [0.5, 0.6) is 5.75 Å². The lowest BCUT2D eigenvalue weighted by atomic mass is 10.3. The summed E-state index contributed by atoms with van der Waals surface area (Å²) in [5.74, 6) is 0.243. The number of nitro groups is 1. The SMILES string of the molecule is O=[N+]([O-])c1cc(Br)ccc1OCc1cccnc1. The van der Waals surface area contributed by atoms with E-state index in [1.165, 1.54) is 6.07 Å². The van der Waals surface area contributed by atoms with Crippen molar-refractivity contribution >= 4 is 21.6 Å². The number of ether oxygens (including phenoxy) is 1. The van der Waals surface area contributed by atoms with Gasteiger partial charge in [-0.25, -0.2) is 0 Å². The highest BCUT2D eigenvalue weighted by molar-refractivity contribution is 9.10. The maximum atomic E-state index is 10.9. The van der Waals surface area contributed by atoms with E-state index in [-0.39, 0.29) is 18.0 Å². The first-order valence-corrected chi connectivity index (χ1v) is 5.92. The standard InChI is InChI=1S/C12H9BrN2O3/c13-10-3-4-12(11(6-10)15(16)17)18-8-9-2-1-5-14-7-9/h1-7H,8H2. The molecule has 0 unspecified atom stereocenters. The minimum absolute atomic E-state index is 0.0618. The van der Waals surface area contributed by atoms with Gasteiger partial charge in [0.2, 0.25) is 0 Å². The molecule has 1 aromatic carbocycles. The molecule has 0 aliphatic rings. The molecule has 0 saturated heterocycles. The number of aromatic nitrogens is 1. The molecule has 0 atom stereocenters. The van der Waals surface area contributed by atoms with Crippen molar-refractivity contribution in [1.29, 1.82) is 0 Å². The lowest BCUT2D eigenvalue weighted by Gasteiger charge is -2.06. The zero-order chi connectivity index (χ0) is 13.0. The molecule has 18 heavy (non-hydrogen) atoms.